The molecule has 1 aliphatic heterocycles. The predicted molar refractivity (Wildman–Crippen MR) is 120 cm³/mol. The highest BCUT2D eigenvalue weighted by molar-refractivity contribution is 5.69. The van der Waals surface area contributed by atoms with E-state index in [2.05, 4.69) is 19.1 Å². The average Bonchev–Trinajstić information content (AvgIpc) is 3.09. The van der Waals surface area contributed by atoms with Crippen molar-refractivity contribution in [2.24, 2.45) is 0 Å². The Morgan fingerprint density at radius 3 is 2.45 bits per heavy atom. The van der Waals surface area contributed by atoms with Crippen LogP contribution in [-0.4, -0.2) is 70.1 Å². The Morgan fingerprint density at radius 2 is 1.77 bits per heavy atom. The highest BCUT2D eigenvalue weighted by Crippen LogP contribution is 2.20. The highest BCUT2D eigenvalue weighted by Gasteiger charge is 2.41. The summed E-state index contributed by atoms with van der Waals surface area (Å²) >= 11 is 0. The molecule has 0 aromatic carbocycles. The monoisotopic (exact) mass is 444 g/mol. The highest BCUT2D eigenvalue weighted by atomic mass is 16.6. The molecule has 7 nitrogen and oxygen atoms in total. The molecule has 4 N–H and O–H groups in total. The van der Waals surface area contributed by atoms with E-state index in [-0.39, 0.29) is 19.1 Å². The van der Waals surface area contributed by atoms with Gasteiger partial charge in [-0.1, -0.05) is 64.0 Å². The lowest BCUT2D eigenvalue weighted by molar-refractivity contribution is -0.162. The van der Waals surface area contributed by atoms with Crippen molar-refractivity contribution >= 4 is 5.97 Å². The summed E-state index contributed by atoms with van der Waals surface area (Å²) in [4.78, 5) is 12.0. The van der Waals surface area contributed by atoms with E-state index in [1.165, 1.54) is 19.3 Å². The number of ether oxygens (including phenoxy) is 2. The molecule has 0 radical (unpaired) electrons. The Morgan fingerprint density at radius 1 is 1.06 bits per heavy atom. The fourth-order valence-electron chi connectivity index (χ4n) is 3.75. The summed E-state index contributed by atoms with van der Waals surface area (Å²) in [6.07, 6.45) is 12.6. The van der Waals surface area contributed by atoms with Crippen LogP contribution in [0.15, 0.2) is 12.2 Å². The zero-order valence-corrected chi connectivity index (χ0v) is 19.2. The minimum Gasteiger partial charge on any atom is -0.457 e. The third-order valence-corrected chi connectivity index (χ3v) is 5.74. The van der Waals surface area contributed by atoms with Crippen molar-refractivity contribution in [2.75, 3.05) is 13.2 Å². The fourth-order valence-corrected chi connectivity index (χ4v) is 3.75. The van der Waals surface area contributed by atoms with E-state index in [9.17, 15) is 25.2 Å². The number of aliphatic hydroxyl groups excluding tert-OH is 4. The number of hydrogen-bond donors (Lipinski definition) is 4. The molecule has 0 saturated carbocycles. The van der Waals surface area contributed by atoms with Gasteiger partial charge in [0.15, 0.2) is 6.10 Å². The van der Waals surface area contributed by atoms with Crippen LogP contribution < -0.4 is 0 Å². The molecule has 1 heterocycles. The molecule has 0 aromatic rings. The van der Waals surface area contributed by atoms with Crippen LogP contribution in [0.3, 0.4) is 0 Å². The first kappa shape index (κ1) is 28.0. The second-order valence-electron chi connectivity index (χ2n) is 8.58. The first-order valence-corrected chi connectivity index (χ1v) is 12.1. The zero-order valence-electron chi connectivity index (χ0n) is 19.2. The summed E-state index contributed by atoms with van der Waals surface area (Å²) in [6, 6.07) is 0. The lowest BCUT2D eigenvalue weighted by atomic mass is 10.1. The van der Waals surface area contributed by atoms with E-state index < -0.39 is 37.0 Å². The van der Waals surface area contributed by atoms with Crippen LogP contribution in [0.5, 0.6) is 0 Å². The van der Waals surface area contributed by atoms with Gasteiger partial charge in [0.1, 0.15) is 18.3 Å². The molecule has 0 unspecified atom stereocenters. The van der Waals surface area contributed by atoms with E-state index in [0.717, 1.165) is 51.4 Å². The van der Waals surface area contributed by atoms with E-state index in [1.807, 2.05) is 0 Å². The van der Waals surface area contributed by atoms with Crippen molar-refractivity contribution < 1.29 is 34.7 Å². The molecule has 182 valence electrons. The number of rotatable bonds is 18. The molecule has 0 aliphatic carbocycles. The maximum atomic E-state index is 12.0. The smallest absolute Gasteiger partial charge is 0.306 e. The fraction of sp³-hybridized carbons (Fsp3) is 0.875. The van der Waals surface area contributed by atoms with Gasteiger partial charge < -0.3 is 29.9 Å². The Bertz CT molecular complexity index is 483. The van der Waals surface area contributed by atoms with Gasteiger partial charge in [0.2, 0.25) is 0 Å². The van der Waals surface area contributed by atoms with Gasteiger partial charge in [-0.3, -0.25) is 4.79 Å². The van der Waals surface area contributed by atoms with E-state index in [1.54, 1.807) is 0 Å². The average molecular weight is 445 g/mol. The zero-order chi connectivity index (χ0) is 22.9. The van der Waals surface area contributed by atoms with E-state index >= 15 is 0 Å². The first-order chi connectivity index (χ1) is 15.0. The van der Waals surface area contributed by atoms with Crippen LogP contribution in [0.25, 0.3) is 0 Å². The second kappa shape index (κ2) is 17.6. The van der Waals surface area contributed by atoms with Crippen LogP contribution in [0, 0.1) is 0 Å². The molecule has 31 heavy (non-hydrogen) atoms. The van der Waals surface area contributed by atoms with Gasteiger partial charge in [-0.25, -0.2) is 0 Å². The van der Waals surface area contributed by atoms with Gasteiger partial charge in [0.05, 0.1) is 19.3 Å². The molecule has 0 amide bonds. The Balaban J connectivity index is 1.99. The molecule has 1 aliphatic rings. The SMILES string of the molecule is CCCCCC[C@@H](O)CC=CCCCCCCCC(=O)O[C@H](CO)[C@H]1OC[C@H](O)[C@H]1O. The maximum absolute atomic E-state index is 12.0. The van der Waals surface area contributed by atoms with Crippen LogP contribution >= 0.6 is 0 Å². The first-order valence-electron chi connectivity index (χ1n) is 12.1. The van der Waals surface area contributed by atoms with E-state index in [4.69, 9.17) is 9.47 Å². The number of aliphatic hydroxyl groups is 4. The lowest BCUT2D eigenvalue weighted by Gasteiger charge is -2.24. The summed E-state index contributed by atoms with van der Waals surface area (Å²) in [5.74, 6) is -0.424. The molecule has 1 saturated heterocycles. The molecule has 5 atom stereocenters. The van der Waals surface area contributed by atoms with Crippen molar-refractivity contribution in [2.45, 2.75) is 121 Å². The summed E-state index contributed by atoms with van der Waals surface area (Å²) < 4.78 is 10.4. The van der Waals surface area contributed by atoms with Gasteiger partial charge in [-0.15, -0.1) is 0 Å². The second-order valence-corrected chi connectivity index (χ2v) is 8.58. The number of unbranched alkanes of at least 4 members (excludes halogenated alkanes) is 8. The minimum atomic E-state index is -1.16. The quantitative estimate of drug-likeness (QED) is 0.146. The molecule has 7 heteroatoms. The lowest BCUT2D eigenvalue weighted by Crippen LogP contribution is -2.43. The predicted octanol–water partition coefficient (Wildman–Crippen LogP) is 3.02. The van der Waals surface area contributed by atoms with Crippen LogP contribution in [0.2, 0.25) is 0 Å². The van der Waals surface area contributed by atoms with Crippen molar-refractivity contribution in [1.29, 1.82) is 0 Å². The summed E-state index contributed by atoms with van der Waals surface area (Å²) in [6.45, 7) is 1.70. The standard InChI is InChI=1S/C24H44O7/c1-2-3-4-11-14-19(26)15-12-9-7-5-6-8-10-13-16-22(28)31-21(17-25)24-23(29)20(27)18-30-24/h9,12,19-21,23-27,29H,2-8,10-11,13-18H2,1H3/t19-,20+,21-,23-,24-/m1/s1. The number of carbonyl (C=O) groups is 1. The molecule has 1 fully saturated rings. The Kier molecular flexibility index (Phi) is 15.9. The summed E-state index contributed by atoms with van der Waals surface area (Å²) in [7, 11) is 0. The Labute approximate surface area is 187 Å². The molecular weight excluding hydrogens is 400 g/mol. The topological polar surface area (TPSA) is 116 Å². The van der Waals surface area contributed by atoms with Gasteiger partial charge in [0.25, 0.3) is 0 Å². The Hall–Kier alpha value is -0.990. The number of hydrogen-bond acceptors (Lipinski definition) is 7. The molecule has 1 rings (SSSR count). The normalized spacial score (nSPS) is 23.3. The van der Waals surface area contributed by atoms with Gasteiger partial charge in [0, 0.05) is 6.42 Å². The van der Waals surface area contributed by atoms with Crippen LogP contribution in [-0.2, 0) is 14.3 Å². The van der Waals surface area contributed by atoms with Crippen LogP contribution in [0.4, 0.5) is 0 Å². The number of esters is 1. The van der Waals surface area contributed by atoms with Gasteiger partial charge in [-0.2, -0.15) is 0 Å². The van der Waals surface area contributed by atoms with Crippen molar-refractivity contribution in [3.05, 3.63) is 12.2 Å². The molecular formula is C24H44O7. The van der Waals surface area contributed by atoms with Crippen molar-refractivity contribution in [1.82, 2.24) is 0 Å². The molecule has 0 bridgehead atoms. The summed E-state index contributed by atoms with van der Waals surface area (Å²) in [5.41, 5.74) is 0. The van der Waals surface area contributed by atoms with Crippen molar-refractivity contribution in [3.63, 3.8) is 0 Å². The number of allylic oxidation sites excluding steroid dienone is 1. The third kappa shape index (κ3) is 12.6. The van der Waals surface area contributed by atoms with Gasteiger partial charge in [-0.05, 0) is 32.1 Å². The maximum Gasteiger partial charge on any atom is 0.306 e. The largest absolute Gasteiger partial charge is 0.457 e. The van der Waals surface area contributed by atoms with Crippen molar-refractivity contribution in [3.8, 4) is 0 Å². The molecule has 0 aromatic heterocycles. The number of carbonyl (C=O) groups excluding carboxylic acids is 1. The third-order valence-electron chi connectivity index (χ3n) is 5.74. The van der Waals surface area contributed by atoms with Crippen LogP contribution in [0.1, 0.15) is 90.4 Å². The molecule has 0 spiro atoms. The van der Waals surface area contributed by atoms with Gasteiger partial charge >= 0.3 is 5.97 Å². The minimum absolute atomic E-state index is 0.0330. The summed E-state index contributed by atoms with van der Waals surface area (Å²) in [5, 5.41) is 38.6. The van der Waals surface area contributed by atoms with E-state index in [0.29, 0.717) is 6.42 Å².